The Bertz CT molecular complexity index is 966. The summed E-state index contributed by atoms with van der Waals surface area (Å²) in [4.78, 5) is 19.9. The number of fused-ring (bicyclic) bond motifs is 1. The minimum absolute atomic E-state index is 0.0682. The van der Waals surface area contributed by atoms with Gasteiger partial charge in [0.25, 0.3) is 5.56 Å². The van der Waals surface area contributed by atoms with Crippen molar-refractivity contribution in [2.75, 3.05) is 12.3 Å². The number of aliphatic hydroxyl groups excluding tert-OH is 3. The number of hydrogen-bond acceptors (Lipinski definition) is 8. The molecule has 3 aromatic rings. The van der Waals surface area contributed by atoms with E-state index < -0.39 is 36.7 Å². The van der Waals surface area contributed by atoms with Crippen LogP contribution in [0.3, 0.4) is 0 Å². The summed E-state index contributed by atoms with van der Waals surface area (Å²) in [6, 6.07) is 3.71. The maximum Gasteiger partial charge on any atom is 0.262 e. The van der Waals surface area contributed by atoms with Gasteiger partial charge in [-0.2, -0.15) is 4.98 Å². The molecule has 0 radical (unpaired) electrons. The van der Waals surface area contributed by atoms with Crippen LogP contribution < -0.4 is 11.3 Å². The molecule has 1 aliphatic rings. The average molecular weight is 364 g/mol. The van der Waals surface area contributed by atoms with E-state index in [9.17, 15) is 20.1 Å². The lowest BCUT2D eigenvalue weighted by atomic mass is 10.1. The third-order valence-electron chi connectivity index (χ3n) is 4.28. The molecule has 0 aliphatic carbocycles. The van der Waals surface area contributed by atoms with Gasteiger partial charge in [-0.15, -0.1) is 11.3 Å². The lowest BCUT2D eigenvalue weighted by molar-refractivity contribution is -0.0508. The van der Waals surface area contributed by atoms with Crippen LogP contribution in [0.2, 0.25) is 0 Å². The van der Waals surface area contributed by atoms with E-state index in [-0.39, 0.29) is 11.6 Å². The number of ether oxygens (including phenoxy) is 1. The van der Waals surface area contributed by atoms with Crippen LogP contribution in [0.4, 0.5) is 5.95 Å². The van der Waals surface area contributed by atoms with Crippen LogP contribution in [0.1, 0.15) is 6.23 Å². The third kappa shape index (κ3) is 2.46. The number of hydrogen-bond donors (Lipinski definition) is 5. The van der Waals surface area contributed by atoms with Gasteiger partial charge in [0.15, 0.2) is 11.9 Å². The minimum Gasteiger partial charge on any atom is -0.394 e. The Hall–Kier alpha value is -2.24. The van der Waals surface area contributed by atoms with E-state index in [4.69, 9.17) is 10.5 Å². The molecular formula is C15H16N4O5S. The van der Waals surface area contributed by atoms with E-state index in [0.717, 1.165) is 4.88 Å². The number of aromatic amines is 1. The Kier molecular flexibility index (Phi) is 3.85. The van der Waals surface area contributed by atoms with Gasteiger partial charge in [0, 0.05) is 16.6 Å². The van der Waals surface area contributed by atoms with Crippen LogP contribution in [0.25, 0.3) is 21.5 Å². The van der Waals surface area contributed by atoms with Crippen LogP contribution in [0, 0.1) is 0 Å². The lowest BCUT2D eigenvalue weighted by Gasteiger charge is -2.17. The predicted molar refractivity (Wildman–Crippen MR) is 91.1 cm³/mol. The second-order valence-corrected chi connectivity index (χ2v) is 6.75. The normalized spacial score (nSPS) is 26.5. The van der Waals surface area contributed by atoms with Crippen molar-refractivity contribution in [3.05, 3.63) is 34.1 Å². The quantitative estimate of drug-likeness (QED) is 0.427. The second-order valence-electron chi connectivity index (χ2n) is 5.81. The highest BCUT2D eigenvalue weighted by atomic mass is 32.1. The van der Waals surface area contributed by atoms with Crippen LogP contribution >= 0.6 is 11.3 Å². The van der Waals surface area contributed by atoms with Gasteiger partial charge in [-0.25, -0.2) is 0 Å². The van der Waals surface area contributed by atoms with Gasteiger partial charge in [-0.1, -0.05) is 6.07 Å². The van der Waals surface area contributed by atoms with Gasteiger partial charge < -0.3 is 30.4 Å². The number of aromatic nitrogens is 3. The molecule has 3 aromatic heterocycles. The lowest BCUT2D eigenvalue weighted by Crippen LogP contribution is -2.33. The van der Waals surface area contributed by atoms with Crippen molar-refractivity contribution in [2.45, 2.75) is 24.5 Å². The number of aliphatic hydroxyl groups is 3. The smallest absolute Gasteiger partial charge is 0.262 e. The van der Waals surface area contributed by atoms with Gasteiger partial charge in [0.1, 0.15) is 18.3 Å². The fraction of sp³-hybridized carbons (Fsp3) is 0.333. The summed E-state index contributed by atoms with van der Waals surface area (Å²) < 4.78 is 7.03. The molecule has 6 N–H and O–H groups in total. The van der Waals surface area contributed by atoms with Crippen LogP contribution in [0.5, 0.6) is 0 Å². The predicted octanol–water partition coefficient (Wildman–Crippen LogP) is -0.353. The number of anilines is 1. The number of thiophene rings is 1. The molecule has 25 heavy (non-hydrogen) atoms. The van der Waals surface area contributed by atoms with E-state index in [1.807, 2.05) is 17.5 Å². The van der Waals surface area contributed by atoms with Gasteiger partial charge >= 0.3 is 0 Å². The fourth-order valence-electron chi connectivity index (χ4n) is 3.10. The summed E-state index contributed by atoms with van der Waals surface area (Å²) in [5.41, 5.74) is 6.12. The summed E-state index contributed by atoms with van der Waals surface area (Å²) in [7, 11) is 0. The van der Waals surface area contributed by atoms with Crippen molar-refractivity contribution in [1.29, 1.82) is 0 Å². The van der Waals surface area contributed by atoms with Crippen molar-refractivity contribution in [3.8, 4) is 10.4 Å². The number of nitrogen functional groups attached to an aromatic ring is 1. The van der Waals surface area contributed by atoms with Crippen molar-refractivity contribution in [3.63, 3.8) is 0 Å². The topological polar surface area (TPSA) is 147 Å². The van der Waals surface area contributed by atoms with E-state index in [1.54, 1.807) is 6.20 Å². The first-order chi connectivity index (χ1) is 12.0. The molecule has 4 heterocycles. The van der Waals surface area contributed by atoms with Gasteiger partial charge in [-0.05, 0) is 11.4 Å². The molecule has 10 heteroatoms. The zero-order chi connectivity index (χ0) is 17.7. The molecule has 1 fully saturated rings. The van der Waals surface area contributed by atoms with Gasteiger partial charge in [0.05, 0.1) is 12.0 Å². The maximum atomic E-state index is 12.4. The zero-order valence-corrected chi connectivity index (χ0v) is 13.7. The Morgan fingerprint density at radius 3 is 2.84 bits per heavy atom. The summed E-state index contributed by atoms with van der Waals surface area (Å²) in [6.45, 7) is -0.443. The molecule has 0 saturated carbocycles. The fourth-order valence-corrected chi connectivity index (χ4v) is 3.84. The van der Waals surface area contributed by atoms with E-state index in [1.165, 1.54) is 15.9 Å². The highest BCUT2D eigenvalue weighted by Gasteiger charge is 2.44. The molecule has 0 unspecified atom stereocenters. The van der Waals surface area contributed by atoms with E-state index in [0.29, 0.717) is 10.9 Å². The molecule has 0 aromatic carbocycles. The largest absolute Gasteiger partial charge is 0.394 e. The van der Waals surface area contributed by atoms with Crippen molar-refractivity contribution >= 4 is 28.3 Å². The molecule has 4 rings (SSSR count). The van der Waals surface area contributed by atoms with Crippen LogP contribution in [-0.4, -0.2) is 54.8 Å². The summed E-state index contributed by atoms with van der Waals surface area (Å²) >= 11 is 1.45. The zero-order valence-electron chi connectivity index (χ0n) is 12.9. The summed E-state index contributed by atoms with van der Waals surface area (Å²) in [5.74, 6) is -0.0682. The highest BCUT2D eigenvalue weighted by Crippen LogP contribution is 2.37. The Labute approximate surface area is 144 Å². The van der Waals surface area contributed by atoms with Crippen molar-refractivity contribution < 1.29 is 20.1 Å². The average Bonchev–Trinajstić information content (AvgIpc) is 3.27. The van der Waals surface area contributed by atoms with Crippen molar-refractivity contribution in [2.24, 2.45) is 0 Å². The molecular weight excluding hydrogens is 348 g/mol. The van der Waals surface area contributed by atoms with E-state index in [2.05, 4.69) is 9.97 Å². The van der Waals surface area contributed by atoms with Gasteiger partial charge in [0.2, 0.25) is 5.95 Å². The first-order valence-electron chi connectivity index (χ1n) is 7.58. The summed E-state index contributed by atoms with van der Waals surface area (Å²) in [6.07, 6.45) is -2.83. The molecule has 0 amide bonds. The monoisotopic (exact) mass is 364 g/mol. The number of H-pyrrole nitrogens is 1. The molecule has 0 bridgehead atoms. The van der Waals surface area contributed by atoms with E-state index >= 15 is 0 Å². The SMILES string of the molecule is Nc1nc2c(c(-c3cccs3)cn2[C@@H]2O[C@H](CO)[C@@H](O)[C@H]2O)c(=O)[nH]1. The van der Waals surface area contributed by atoms with Crippen LogP contribution in [0.15, 0.2) is 28.5 Å². The van der Waals surface area contributed by atoms with Gasteiger partial charge in [-0.3, -0.25) is 9.78 Å². The first kappa shape index (κ1) is 16.2. The number of nitrogens with zero attached hydrogens (tertiary/aromatic N) is 2. The first-order valence-corrected chi connectivity index (χ1v) is 8.46. The Morgan fingerprint density at radius 2 is 2.20 bits per heavy atom. The number of nitrogens with two attached hydrogens (primary N) is 1. The third-order valence-corrected chi connectivity index (χ3v) is 5.18. The standard InChI is InChI=1S/C15H16N4O5S/c16-15-17-12-9(13(23)18-15)6(8-2-1-3-25-8)4-19(12)14-11(22)10(21)7(5-20)24-14/h1-4,7,10-11,14,20-22H,5H2,(H3,16,17,18,23)/t7-,10-,11-,14-/m1/s1. The highest BCUT2D eigenvalue weighted by molar-refractivity contribution is 7.13. The van der Waals surface area contributed by atoms with Crippen molar-refractivity contribution in [1.82, 2.24) is 14.5 Å². The summed E-state index contributed by atoms with van der Waals surface area (Å²) in [5, 5.41) is 31.8. The number of nitrogens with one attached hydrogen (secondary N) is 1. The minimum atomic E-state index is -1.29. The molecule has 4 atom stereocenters. The Morgan fingerprint density at radius 1 is 1.40 bits per heavy atom. The molecule has 132 valence electrons. The Balaban J connectivity index is 1.95. The molecule has 1 aliphatic heterocycles. The molecule has 1 saturated heterocycles. The maximum absolute atomic E-state index is 12.4. The molecule has 9 nitrogen and oxygen atoms in total. The second kappa shape index (κ2) is 5.93. The molecule has 0 spiro atoms. The number of rotatable bonds is 3. The van der Waals surface area contributed by atoms with Crippen LogP contribution in [-0.2, 0) is 4.74 Å².